The fourth-order valence-electron chi connectivity index (χ4n) is 4.61. The van der Waals surface area contributed by atoms with E-state index in [-0.39, 0.29) is 12.0 Å². The summed E-state index contributed by atoms with van der Waals surface area (Å²) in [6, 6.07) is 14.3. The van der Waals surface area contributed by atoms with Crippen molar-refractivity contribution in [2.24, 2.45) is 0 Å². The van der Waals surface area contributed by atoms with Crippen molar-refractivity contribution in [1.29, 1.82) is 0 Å². The standard InChI is InChI=1S/C28H36N4O2/c1-34-28(33)26(31-20-21-13-16-25-23(19-21)10-8-17-29-25)12-6-4-2-3-5-11-24-15-14-22-9-7-18-30-27(22)32-24/h8,10,13-17,19,26,31H,2-7,9,11-12,18,20H2,1H3,(H,30,32)/t26-/m0/s1. The molecular formula is C28H36N4O2. The number of hydrogen-bond donors (Lipinski definition) is 2. The van der Waals surface area contributed by atoms with Gasteiger partial charge in [0.25, 0.3) is 0 Å². The number of methoxy groups -OCH3 is 1. The molecule has 3 heterocycles. The Bertz CT molecular complexity index is 1080. The Morgan fingerprint density at radius 3 is 2.91 bits per heavy atom. The van der Waals surface area contributed by atoms with Gasteiger partial charge < -0.3 is 15.4 Å². The molecule has 3 aromatic rings. The van der Waals surface area contributed by atoms with Gasteiger partial charge in [-0.1, -0.05) is 43.9 Å². The molecule has 1 atom stereocenters. The lowest BCUT2D eigenvalue weighted by Gasteiger charge is -2.17. The van der Waals surface area contributed by atoms with Crippen LogP contribution in [0.3, 0.4) is 0 Å². The van der Waals surface area contributed by atoms with Gasteiger partial charge >= 0.3 is 5.97 Å². The summed E-state index contributed by atoms with van der Waals surface area (Å²) in [5.74, 6) is 0.903. The van der Waals surface area contributed by atoms with Gasteiger partial charge in [0.2, 0.25) is 0 Å². The molecule has 0 unspecified atom stereocenters. The lowest BCUT2D eigenvalue weighted by atomic mass is 10.0. The number of nitrogens with zero attached hydrogens (tertiary/aromatic N) is 2. The first kappa shape index (κ1) is 24.1. The van der Waals surface area contributed by atoms with Crippen molar-refractivity contribution in [2.45, 2.75) is 70.4 Å². The van der Waals surface area contributed by atoms with Crippen LogP contribution in [-0.2, 0) is 28.9 Å². The van der Waals surface area contributed by atoms with Crippen molar-refractivity contribution in [3.8, 4) is 0 Å². The van der Waals surface area contributed by atoms with E-state index in [2.05, 4.69) is 45.9 Å². The Hall–Kier alpha value is -2.99. The number of unbranched alkanes of at least 4 members (excludes halogenated alkanes) is 4. The summed E-state index contributed by atoms with van der Waals surface area (Å²) in [5, 5.41) is 7.92. The fraction of sp³-hybridized carbons (Fsp3) is 0.464. The van der Waals surface area contributed by atoms with E-state index in [0.29, 0.717) is 6.54 Å². The molecule has 0 aliphatic carbocycles. The first-order valence-corrected chi connectivity index (χ1v) is 12.6. The van der Waals surface area contributed by atoms with Gasteiger partial charge in [0, 0.05) is 30.4 Å². The van der Waals surface area contributed by atoms with E-state index in [1.54, 1.807) is 6.20 Å². The zero-order valence-corrected chi connectivity index (χ0v) is 20.2. The first-order chi connectivity index (χ1) is 16.7. The van der Waals surface area contributed by atoms with Gasteiger partial charge in [-0.3, -0.25) is 9.78 Å². The topological polar surface area (TPSA) is 76.1 Å². The molecule has 6 heteroatoms. The number of benzene rings is 1. The number of carbonyl (C=O) groups excluding carboxylic acids is 1. The van der Waals surface area contributed by atoms with Crippen molar-refractivity contribution >= 4 is 22.7 Å². The van der Waals surface area contributed by atoms with Gasteiger partial charge in [-0.15, -0.1) is 0 Å². The van der Waals surface area contributed by atoms with Crippen LogP contribution in [0.1, 0.15) is 61.8 Å². The first-order valence-electron chi connectivity index (χ1n) is 12.6. The molecule has 2 N–H and O–H groups in total. The average Bonchev–Trinajstić information content (AvgIpc) is 2.89. The van der Waals surface area contributed by atoms with Gasteiger partial charge in [-0.2, -0.15) is 0 Å². The van der Waals surface area contributed by atoms with Crippen molar-refractivity contribution in [1.82, 2.24) is 15.3 Å². The molecule has 1 aliphatic rings. The number of aryl methyl sites for hydroxylation is 2. The summed E-state index contributed by atoms with van der Waals surface area (Å²) in [6.45, 7) is 1.66. The van der Waals surface area contributed by atoms with Gasteiger partial charge in [-0.25, -0.2) is 4.98 Å². The van der Waals surface area contributed by atoms with Crippen LogP contribution in [0.5, 0.6) is 0 Å². The second-order valence-electron chi connectivity index (χ2n) is 9.13. The maximum absolute atomic E-state index is 12.3. The number of ether oxygens (including phenoxy) is 1. The van der Waals surface area contributed by atoms with Gasteiger partial charge in [0.15, 0.2) is 0 Å². The molecule has 2 aromatic heterocycles. The van der Waals surface area contributed by atoms with E-state index >= 15 is 0 Å². The second-order valence-corrected chi connectivity index (χ2v) is 9.13. The highest BCUT2D eigenvalue weighted by Gasteiger charge is 2.18. The van der Waals surface area contributed by atoms with Crippen LogP contribution in [0.4, 0.5) is 5.82 Å². The van der Waals surface area contributed by atoms with Crippen LogP contribution >= 0.6 is 0 Å². The van der Waals surface area contributed by atoms with Crippen LogP contribution in [-0.4, -0.2) is 35.6 Å². The monoisotopic (exact) mass is 460 g/mol. The quantitative estimate of drug-likeness (QED) is 0.286. The summed E-state index contributed by atoms with van der Waals surface area (Å²) >= 11 is 0. The minimum absolute atomic E-state index is 0.186. The fourth-order valence-corrected chi connectivity index (χ4v) is 4.61. The minimum Gasteiger partial charge on any atom is -0.468 e. The molecule has 1 aromatic carbocycles. The third kappa shape index (κ3) is 6.76. The molecular weight excluding hydrogens is 424 g/mol. The molecule has 0 saturated heterocycles. The molecule has 34 heavy (non-hydrogen) atoms. The summed E-state index contributed by atoms with van der Waals surface area (Å²) in [5.41, 5.74) is 4.66. The summed E-state index contributed by atoms with van der Waals surface area (Å²) in [6.07, 6.45) is 11.6. The number of rotatable bonds is 12. The maximum atomic E-state index is 12.3. The van der Waals surface area contributed by atoms with E-state index in [0.717, 1.165) is 67.4 Å². The number of carbonyl (C=O) groups is 1. The highest BCUT2D eigenvalue weighted by atomic mass is 16.5. The van der Waals surface area contributed by atoms with Gasteiger partial charge in [-0.05, 0) is 67.5 Å². The molecule has 4 rings (SSSR count). The Morgan fingerprint density at radius 2 is 2.00 bits per heavy atom. The Kier molecular flexibility index (Phi) is 8.85. The normalized spacial score (nSPS) is 13.8. The van der Waals surface area contributed by atoms with Crippen molar-refractivity contribution in [3.05, 3.63) is 65.5 Å². The molecule has 0 radical (unpaired) electrons. The number of nitrogens with one attached hydrogen (secondary N) is 2. The molecule has 6 nitrogen and oxygen atoms in total. The molecule has 0 spiro atoms. The van der Waals surface area contributed by atoms with Crippen LogP contribution in [0.2, 0.25) is 0 Å². The Balaban J connectivity index is 1.15. The van der Waals surface area contributed by atoms with E-state index in [1.165, 1.54) is 37.6 Å². The predicted octanol–water partition coefficient (Wildman–Crippen LogP) is 5.20. The third-order valence-electron chi connectivity index (χ3n) is 6.58. The van der Waals surface area contributed by atoms with Crippen LogP contribution in [0.25, 0.3) is 10.9 Å². The molecule has 0 bridgehead atoms. The van der Waals surface area contributed by atoms with Crippen molar-refractivity contribution in [2.75, 3.05) is 19.0 Å². The zero-order chi connectivity index (χ0) is 23.6. The Morgan fingerprint density at radius 1 is 1.12 bits per heavy atom. The van der Waals surface area contributed by atoms with Gasteiger partial charge in [0.1, 0.15) is 11.9 Å². The third-order valence-corrected chi connectivity index (χ3v) is 6.58. The summed E-state index contributed by atoms with van der Waals surface area (Å²) in [4.78, 5) is 21.4. The summed E-state index contributed by atoms with van der Waals surface area (Å²) in [7, 11) is 1.46. The number of esters is 1. The van der Waals surface area contributed by atoms with Crippen LogP contribution in [0, 0.1) is 0 Å². The summed E-state index contributed by atoms with van der Waals surface area (Å²) < 4.78 is 5.03. The smallest absolute Gasteiger partial charge is 0.322 e. The highest BCUT2D eigenvalue weighted by Crippen LogP contribution is 2.21. The number of pyridine rings is 2. The lowest BCUT2D eigenvalue weighted by molar-refractivity contribution is -0.143. The maximum Gasteiger partial charge on any atom is 0.322 e. The highest BCUT2D eigenvalue weighted by molar-refractivity contribution is 5.79. The molecule has 1 aliphatic heterocycles. The minimum atomic E-state index is -0.276. The lowest BCUT2D eigenvalue weighted by Crippen LogP contribution is -2.37. The average molecular weight is 461 g/mol. The number of fused-ring (bicyclic) bond motifs is 2. The van der Waals surface area contributed by atoms with E-state index < -0.39 is 0 Å². The van der Waals surface area contributed by atoms with E-state index in [9.17, 15) is 4.79 Å². The Labute approximate surface area is 202 Å². The largest absolute Gasteiger partial charge is 0.468 e. The number of hydrogen-bond acceptors (Lipinski definition) is 6. The van der Waals surface area contributed by atoms with Crippen LogP contribution < -0.4 is 10.6 Å². The van der Waals surface area contributed by atoms with E-state index in [4.69, 9.17) is 9.72 Å². The van der Waals surface area contributed by atoms with Crippen molar-refractivity contribution in [3.63, 3.8) is 0 Å². The molecule has 0 saturated carbocycles. The van der Waals surface area contributed by atoms with Gasteiger partial charge in [0.05, 0.1) is 12.6 Å². The predicted molar refractivity (Wildman–Crippen MR) is 137 cm³/mol. The van der Waals surface area contributed by atoms with Crippen molar-refractivity contribution < 1.29 is 9.53 Å². The second kappa shape index (κ2) is 12.5. The molecule has 0 amide bonds. The number of anilines is 1. The number of aromatic nitrogens is 2. The van der Waals surface area contributed by atoms with Crippen LogP contribution in [0.15, 0.2) is 48.7 Å². The zero-order valence-electron chi connectivity index (χ0n) is 20.2. The molecule has 180 valence electrons. The van der Waals surface area contributed by atoms with E-state index in [1.807, 2.05) is 12.1 Å². The SMILES string of the molecule is COC(=O)[C@H](CCCCCCCc1ccc2c(n1)NCCC2)NCc1ccc2ncccc2c1. The molecule has 0 fully saturated rings.